The summed E-state index contributed by atoms with van der Waals surface area (Å²) in [5.41, 5.74) is 5.08. The Kier molecular flexibility index (Phi) is 15.9. The maximum Gasteiger partial charge on any atom is 2.00 e. The van der Waals surface area contributed by atoms with Crippen LogP contribution < -0.4 is 10.2 Å². The Morgan fingerprint density at radius 1 is 0.722 bits per heavy atom. The normalized spacial score (nSPS) is 11.0. The molecule has 3 aromatic carbocycles. The van der Waals surface area contributed by atoms with Gasteiger partial charge >= 0.3 is 16.5 Å². The Morgan fingerprint density at radius 2 is 1.28 bits per heavy atom. The fourth-order valence-corrected chi connectivity index (χ4v) is 3.61. The van der Waals surface area contributed by atoms with Crippen molar-refractivity contribution in [1.29, 1.82) is 0 Å². The number of benzene rings is 3. The van der Waals surface area contributed by atoms with E-state index in [1.165, 1.54) is 25.0 Å². The fraction of sp³-hybridized carbons (Fsp3) is 0.355. The maximum absolute atomic E-state index is 11.2. The molecule has 5 heteroatoms. The first kappa shape index (κ1) is 31.1. The van der Waals surface area contributed by atoms with E-state index in [0.29, 0.717) is 0 Å². The molecule has 0 bridgehead atoms. The van der Waals surface area contributed by atoms with Gasteiger partial charge in [0.05, 0.1) is 17.1 Å². The standard InChI is InChI=1S/C18H20N2.C13H20O2.Ni/c1-2-3-10-18(20-17-13-8-5-9-14-17)15-19-16-11-6-4-7-12-16;1-3-5-6-7-11-9-13(15)12(14)8-10(11)4-2;/h4-9,11-15H,2-3,10H2,1H3;8-9,14-15H,3-7H2,1-2H3;/q;;+2/p-2. The van der Waals surface area contributed by atoms with Crippen molar-refractivity contribution in [3.05, 3.63) is 83.9 Å². The first-order valence-electron chi connectivity index (χ1n) is 12.8. The minimum Gasteiger partial charge on any atom is -0.873 e. The van der Waals surface area contributed by atoms with Crippen LogP contribution >= 0.6 is 0 Å². The number of hydrogen-bond acceptors (Lipinski definition) is 4. The smallest absolute Gasteiger partial charge is 0.873 e. The maximum atomic E-state index is 11.2. The minimum atomic E-state index is -0.369. The molecule has 0 spiro atoms. The van der Waals surface area contributed by atoms with Crippen LogP contribution in [-0.2, 0) is 29.3 Å². The van der Waals surface area contributed by atoms with E-state index in [-0.39, 0.29) is 28.0 Å². The number of para-hydroxylation sites is 2. The summed E-state index contributed by atoms with van der Waals surface area (Å²) in [4.78, 5) is 9.18. The average Bonchev–Trinajstić information content (AvgIpc) is 2.89. The van der Waals surface area contributed by atoms with Gasteiger partial charge in [0.2, 0.25) is 0 Å². The van der Waals surface area contributed by atoms with Gasteiger partial charge < -0.3 is 10.2 Å². The molecule has 0 aromatic heterocycles. The molecule has 0 aliphatic carbocycles. The van der Waals surface area contributed by atoms with Crippen LogP contribution in [0.25, 0.3) is 0 Å². The van der Waals surface area contributed by atoms with Gasteiger partial charge in [0.1, 0.15) is 0 Å². The van der Waals surface area contributed by atoms with Crippen LogP contribution in [0.4, 0.5) is 11.4 Å². The SMILES string of the molecule is CCCCC(C=Nc1ccccc1)=Nc1ccccc1.CCCCCc1cc([O-])c([O-])cc1CC.[Ni+2]. The number of nitrogens with zero attached hydrogens (tertiary/aromatic N) is 2. The molecule has 194 valence electrons. The van der Waals surface area contributed by atoms with E-state index < -0.39 is 0 Å². The molecule has 3 aromatic rings. The second kappa shape index (κ2) is 18.4. The summed E-state index contributed by atoms with van der Waals surface area (Å²) < 4.78 is 0. The van der Waals surface area contributed by atoms with Gasteiger partial charge in [-0.05, 0) is 67.5 Å². The average molecular weight is 529 g/mol. The van der Waals surface area contributed by atoms with E-state index in [1.54, 1.807) is 0 Å². The van der Waals surface area contributed by atoms with E-state index in [0.717, 1.165) is 66.7 Å². The summed E-state index contributed by atoms with van der Waals surface area (Å²) in [5, 5.41) is 22.4. The Hall–Kier alpha value is -2.91. The van der Waals surface area contributed by atoms with Gasteiger partial charge in [0.15, 0.2) is 0 Å². The van der Waals surface area contributed by atoms with Crippen LogP contribution in [0.2, 0.25) is 0 Å². The van der Waals surface area contributed by atoms with Crippen LogP contribution in [0.5, 0.6) is 11.5 Å². The third-order valence-corrected chi connectivity index (χ3v) is 5.63. The molecule has 36 heavy (non-hydrogen) atoms. The van der Waals surface area contributed by atoms with Gasteiger partial charge in [-0.25, -0.2) is 0 Å². The second-order valence-corrected chi connectivity index (χ2v) is 8.51. The largest absolute Gasteiger partial charge is 2.00 e. The predicted molar refractivity (Wildman–Crippen MR) is 146 cm³/mol. The third kappa shape index (κ3) is 11.7. The van der Waals surface area contributed by atoms with Gasteiger partial charge in [0, 0.05) is 6.21 Å². The second-order valence-electron chi connectivity index (χ2n) is 8.51. The molecular formula is C31H38N2NiO2. The van der Waals surface area contributed by atoms with Crippen molar-refractivity contribution in [2.45, 2.75) is 72.1 Å². The van der Waals surface area contributed by atoms with Crippen LogP contribution in [0, 0.1) is 0 Å². The summed E-state index contributed by atoms with van der Waals surface area (Å²) in [6, 6.07) is 23.0. The zero-order valence-corrected chi connectivity index (χ0v) is 22.7. The quantitative estimate of drug-likeness (QED) is 0.147. The van der Waals surface area contributed by atoms with Crippen molar-refractivity contribution in [2.75, 3.05) is 0 Å². The number of rotatable bonds is 11. The third-order valence-electron chi connectivity index (χ3n) is 5.63. The zero-order chi connectivity index (χ0) is 25.3. The predicted octanol–water partition coefficient (Wildman–Crippen LogP) is 7.48. The van der Waals surface area contributed by atoms with E-state index >= 15 is 0 Å². The van der Waals surface area contributed by atoms with Gasteiger partial charge in [-0.1, -0.05) is 88.6 Å². The van der Waals surface area contributed by atoms with Crippen molar-refractivity contribution < 1.29 is 26.7 Å². The Balaban J connectivity index is 0.000000365. The number of hydrogen-bond donors (Lipinski definition) is 0. The van der Waals surface area contributed by atoms with Gasteiger partial charge in [-0.3, -0.25) is 9.98 Å². The Morgan fingerprint density at radius 3 is 1.83 bits per heavy atom. The molecule has 0 amide bonds. The van der Waals surface area contributed by atoms with E-state index in [1.807, 2.05) is 73.8 Å². The molecule has 0 radical (unpaired) electrons. The van der Waals surface area contributed by atoms with Crippen molar-refractivity contribution >= 4 is 23.3 Å². The van der Waals surface area contributed by atoms with E-state index in [4.69, 9.17) is 0 Å². The summed E-state index contributed by atoms with van der Waals surface area (Å²) >= 11 is 0. The molecule has 0 saturated heterocycles. The number of aryl methyl sites for hydroxylation is 2. The van der Waals surface area contributed by atoms with Crippen LogP contribution in [0.3, 0.4) is 0 Å². The van der Waals surface area contributed by atoms with E-state index in [2.05, 4.69) is 23.8 Å². The molecule has 0 atom stereocenters. The Labute approximate surface area is 227 Å². The molecule has 4 nitrogen and oxygen atoms in total. The van der Waals surface area contributed by atoms with Gasteiger partial charge in [-0.15, -0.1) is 11.5 Å². The van der Waals surface area contributed by atoms with Crippen molar-refractivity contribution in [3.8, 4) is 11.5 Å². The topological polar surface area (TPSA) is 70.8 Å². The molecule has 0 heterocycles. The summed E-state index contributed by atoms with van der Waals surface area (Å²) in [7, 11) is 0. The number of aliphatic imine (C=N–C) groups is 2. The fourth-order valence-electron chi connectivity index (χ4n) is 3.61. The summed E-state index contributed by atoms with van der Waals surface area (Å²) in [6.45, 7) is 6.36. The van der Waals surface area contributed by atoms with Crippen molar-refractivity contribution in [3.63, 3.8) is 0 Å². The number of unbranched alkanes of at least 4 members (excludes halogenated alkanes) is 3. The zero-order valence-electron chi connectivity index (χ0n) is 21.7. The minimum absolute atomic E-state index is 0. The van der Waals surface area contributed by atoms with Crippen molar-refractivity contribution in [1.82, 2.24) is 0 Å². The molecule has 0 unspecified atom stereocenters. The molecule has 0 fully saturated rings. The van der Waals surface area contributed by atoms with Gasteiger partial charge in [-0.2, -0.15) is 0 Å². The Bertz CT molecular complexity index is 1050. The first-order chi connectivity index (χ1) is 17.1. The van der Waals surface area contributed by atoms with Crippen LogP contribution in [-0.4, -0.2) is 11.9 Å². The molecular weight excluding hydrogens is 491 g/mol. The molecule has 0 N–H and O–H groups in total. The molecule has 0 saturated carbocycles. The van der Waals surface area contributed by atoms with Gasteiger partial charge in [0.25, 0.3) is 0 Å². The first-order valence-corrected chi connectivity index (χ1v) is 12.8. The summed E-state index contributed by atoms with van der Waals surface area (Å²) in [5.74, 6) is -0.732. The molecule has 0 aliphatic rings. The summed E-state index contributed by atoms with van der Waals surface area (Å²) in [6.07, 6.45) is 10.3. The molecule has 3 rings (SSSR count). The van der Waals surface area contributed by atoms with Crippen molar-refractivity contribution in [2.24, 2.45) is 9.98 Å². The van der Waals surface area contributed by atoms with Crippen LogP contribution in [0.1, 0.15) is 70.4 Å². The molecule has 0 aliphatic heterocycles. The van der Waals surface area contributed by atoms with E-state index in [9.17, 15) is 10.2 Å². The van der Waals surface area contributed by atoms with Crippen LogP contribution in [0.15, 0.2) is 82.8 Å². The monoisotopic (exact) mass is 528 g/mol.